The van der Waals surface area contributed by atoms with Gasteiger partial charge in [0.05, 0.1) is 18.7 Å². The summed E-state index contributed by atoms with van der Waals surface area (Å²) in [6, 6.07) is 1.76. The number of anilines is 1. The van der Waals surface area contributed by atoms with Gasteiger partial charge in [-0.15, -0.1) is 0 Å². The summed E-state index contributed by atoms with van der Waals surface area (Å²) in [6.45, 7) is 4.47. The number of hydrogen-bond acceptors (Lipinski definition) is 4. The lowest BCUT2D eigenvalue weighted by Crippen LogP contribution is -2.49. The maximum Gasteiger partial charge on any atom is 0.328 e. The number of amides is 3. The van der Waals surface area contributed by atoms with Crippen LogP contribution >= 0.6 is 0 Å². The number of fused-ring (bicyclic) bond motifs is 1. The van der Waals surface area contributed by atoms with Crippen LogP contribution in [-0.2, 0) is 4.79 Å². The van der Waals surface area contributed by atoms with E-state index in [2.05, 4.69) is 24.1 Å². The molecule has 0 aromatic carbocycles. The van der Waals surface area contributed by atoms with Crippen LogP contribution in [0.25, 0.3) is 11.0 Å². The summed E-state index contributed by atoms with van der Waals surface area (Å²) in [6.07, 6.45) is 3.84. The average molecular weight is 302 g/mol. The van der Waals surface area contributed by atoms with Gasteiger partial charge in [0.15, 0.2) is 5.75 Å². The van der Waals surface area contributed by atoms with Gasteiger partial charge in [-0.2, -0.15) is 0 Å². The van der Waals surface area contributed by atoms with E-state index in [0.29, 0.717) is 18.0 Å². The number of urea groups is 1. The lowest BCUT2D eigenvalue weighted by atomic mass is 10.2. The molecule has 0 aliphatic carbocycles. The molecule has 22 heavy (non-hydrogen) atoms. The van der Waals surface area contributed by atoms with Crippen molar-refractivity contribution in [2.24, 2.45) is 0 Å². The fraction of sp³-hybridized carbons (Fsp3) is 0.400. The smallest absolute Gasteiger partial charge is 0.328 e. The normalized spacial score (nSPS) is 15.5. The predicted octanol–water partition coefficient (Wildman–Crippen LogP) is 2.07. The minimum absolute atomic E-state index is 0.264. The molecule has 0 atom stereocenters. The number of methoxy groups -OCH3 is 1. The molecule has 3 amide bonds. The van der Waals surface area contributed by atoms with Gasteiger partial charge in [0.1, 0.15) is 11.3 Å². The largest absolute Gasteiger partial charge is 0.494 e. The number of hydrogen-bond donors (Lipinski definition) is 1. The molecule has 2 aromatic heterocycles. The minimum atomic E-state index is -0.445. The van der Waals surface area contributed by atoms with Crippen LogP contribution in [0.15, 0.2) is 18.5 Å². The second-order valence-electron chi connectivity index (χ2n) is 5.49. The first kappa shape index (κ1) is 14.4. The summed E-state index contributed by atoms with van der Waals surface area (Å²) in [5, 5.41) is 3.16. The van der Waals surface area contributed by atoms with E-state index in [1.807, 2.05) is 16.8 Å². The molecule has 1 N–H and O–H groups in total. The van der Waals surface area contributed by atoms with Gasteiger partial charge in [-0.25, -0.2) is 9.78 Å². The van der Waals surface area contributed by atoms with Crippen molar-refractivity contribution < 1.29 is 14.3 Å². The quantitative estimate of drug-likeness (QED) is 0.941. The monoisotopic (exact) mass is 302 g/mol. The SMILES string of the molecule is COc1c(N2CCC(=O)NC2=O)cnc2c1ccn2C(C)C. The van der Waals surface area contributed by atoms with Crippen LogP contribution in [0.5, 0.6) is 5.75 Å². The van der Waals surface area contributed by atoms with Gasteiger partial charge in [0.25, 0.3) is 0 Å². The molecule has 3 heterocycles. The number of rotatable bonds is 3. The third-order valence-corrected chi connectivity index (χ3v) is 3.78. The number of aromatic nitrogens is 2. The Morgan fingerprint density at radius 2 is 2.14 bits per heavy atom. The highest BCUT2D eigenvalue weighted by atomic mass is 16.5. The summed E-state index contributed by atoms with van der Waals surface area (Å²) in [5.74, 6) is 0.328. The summed E-state index contributed by atoms with van der Waals surface area (Å²) in [7, 11) is 1.57. The second kappa shape index (κ2) is 5.32. The molecule has 116 valence electrons. The number of ether oxygens (including phenoxy) is 1. The van der Waals surface area contributed by atoms with Crippen molar-refractivity contribution in [1.82, 2.24) is 14.9 Å². The average Bonchev–Trinajstić information content (AvgIpc) is 2.90. The van der Waals surface area contributed by atoms with Gasteiger partial charge in [-0.05, 0) is 19.9 Å². The van der Waals surface area contributed by atoms with Crippen molar-refractivity contribution in [3.63, 3.8) is 0 Å². The van der Waals surface area contributed by atoms with Crippen molar-refractivity contribution in [2.45, 2.75) is 26.3 Å². The number of carbonyl (C=O) groups is 2. The van der Waals surface area contributed by atoms with Crippen molar-refractivity contribution in [1.29, 1.82) is 0 Å². The van der Waals surface area contributed by atoms with Crippen LogP contribution in [0.3, 0.4) is 0 Å². The summed E-state index contributed by atoms with van der Waals surface area (Å²) in [4.78, 5) is 29.3. The molecule has 3 rings (SSSR count). The van der Waals surface area contributed by atoms with Crippen LogP contribution in [0.2, 0.25) is 0 Å². The Kier molecular flexibility index (Phi) is 3.48. The maximum absolute atomic E-state index is 12.0. The van der Waals surface area contributed by atoms with Crippen LogP contribution in [-0.4, -0.2) is 35.1 Å². The third-order valence-electron chi connectivity index (χ3n) is 3.78. The molecule has 7 nitrogen and oxygen atoms in total. The second-order valence-corrected chi connectivity index (χ2v) is 5.49. The lowest BCUT2D eigenvalue weighted by Gasteiger charge is -2.27. The molecule has 2 aromatic rings. The lowest BCUT2D eigenvalue weighted by molar-refractivity contribution is -0.120. The summed E-state index contributed by atoms with van der Waals surface area (Å²) < 4.78 is 7.56. The molecule has 7 heteroatoms. The fourth-order valence-corrected chi connectivity index (χ4v) is 2.69. The Morgan fingerprint density at radius 3 is 2.77 bits per heavy atom. The van der Waals surface area contributed by atoms with Crippen molar-refractivity contribution in [3.8, 4) is 5.75 Å². The highest BCUT2D eigenvalue weighted by molar-refractivity contribution is 6.07. The van der Waals surface area contributed by atoms with E-state index in [1.54, 1.807) is 13.3 Å². The molecule has 0 unspecified atom stereocenters. The molecule has 0 radical (unpaired) electrons. The van der Waals surface area contributed by atoms with Gasteiger partial charge in [-0.1, -0.05) is 0 Å². The molecule has 1 aliphatic heterocycles. The number of nitrogens with zero attached hydrogens (tertiary/aromatic N) is 3. The summed E-state index contributed by atoms with van der Waals surface area (Å²) >= 11 is 0. The highest BCUT2D eigenvalue weighted by Crippen LogP contribution is 2.36. The molecular weight excluding hydrogens is 284 g/mol. The Labute approximate surface area is 127 Å². The Balaban J connectivity index is 2.11. The van der Waals surface area contributed by atoms with Gasteiger partial charge < -0.3 is 9.30 Å². The van der Waals surface area contributed by atoms with Crippen molar-refractivity contribution in [3.05, 3.63) is 18.5 Å². The van der Waals surface area contributed by atoms with Gasteiger partial charge >= 0.3 is 6.03 Å². The third kappa shape index (κ3) is 2.18. The predicted molar refractivity (Wildman–Crippen MR) is 82.2 cm³/mol. The van der Waals surface area contributed by atoms with Crippen LogP contribution in [0, 0.1) is 0 Å². The fourth-order valence-electron chi connectivity index (χ4n) is 2.69. The number of pyridine rings is 1. The van der Waals surface area contributed by atoms with E-state index in [4.69, 9.17) is 4.74 Å². The number of nitrogens with one attached hydrogen (secondary N) is 1. The first-order chi connectivity index (χ1) is 10.5. The Morgan fingerprint density at radius 1 is 1.36 bits per heavy atom. The van der Waals surface area contributed by atoms with Gasteiger partial charge in [0, 0.05) is 25.2 Å². The molecular formula is C15H18N4O3. The van der Waals surface area contributed by atoms with Crippen molar-refractivity contribution >= 4 is 28.7 Å². The maximum atomic E-state index is 12.0. The molecule has 0 spiro atoms. The molecule has 0 bridgehead atoms. The van der Waals surface area contributed by atoms with Gasteiger partial charge in [-0.3, -0.25) is 15.0 Å². The molecule has 1 aliphatic rings. The van der Waals surface area contributed by atoms with E-state index in [0.717, 1.165) is 11.0 Å². The van der Waals surface area contributed by atoms with E-state index in [9.17, 15) is 9.59 Å². The molecule has 1 saturated heterocycles. The summed E-state index contributed by atoms with van der Waals surface area (Å²) in [5.41, 5.74) is 1.38. The number of carbonyl (C=O) groups excluding carboxylic acids is 2. The van der Waals surface area contributed by atoms with E-state index in [-0.39, 0.29) is 18.4 Å². The minimum Gasteiger partial charge on any atom is -0.494 e. The zero-order valence-electron chi connectivity index (χ0n) is 12.8. The number of imide groups is 1. The first-order valence-electron chi connectivity index (χ1n) is 7.17. The van der Waals surface area contributed by atoms with Crippen molar-refractivity contribution in [2.75, 3.05) is 18.6 Å². The van der Waals surface area contributed by atoms with E-state index >= 15 is 0 Å². The van der Waals surface area contributed by atoms with Crippen LogP contribution in [0.1, 0.15) is 26.3 Å². The standard InChI is InChI=1S/C15H18N4O3/c1-9(2)18-6-4-10-13(22-3)11(8-16-14(10)18)19-7-5-12(20)17-15(19)21/h4,6,8-9H,5,7H2,1-3H3,(H,17,20,21). The Bertz CT molecular complexity index is 751. The van der Waals surface area contributed by atoms with E-state index in [1.165, 1.54) is 4.90 Å². The van der Waals surface area contributed by atoms with Crippen LogP contribution < -0.4 is 15.0 Å². The van der Waals surface area contributed by atoms with Crippen LogP contribution in [0.4, 0.5) is 10.5 Å². The molecule has 1 fully saturated rings. The molecule has 0 saturated carbocycles. The highest BCUT2D eigenvalue weighted by Gasteiger charge is 2.28. The zero-order valence-corrected chi connectivity index (χ0v) is 12.8. The Hall–Kier alpha value is -2.57. The topological polar surface area (TPSA) is 76.5 Å². The first-order valence-corrected chi connectivity index (χ1v) is 7.17. The van der Waals surface area contributed by atoms with E-state index < -0.39 is 6.03 Å². The van der Waals surface area contributed by atoms with Gasteiger partial charge in [0.2, 0.25) is 5.91 Å². The zero-order chi connectivity index (χ0) is 15.9.